The Morgan fingerprint density at radius 1 is 1.46 bits per heavy atom. The van der Waals surface area contributed by atoms with Crippen molar-refractivity contribution in [2.45, 2.75) is 40.5 Å². The van der Waals surface area contributed by atoms with Crippen LogP contribution < -0.4 is 0 Å². The van der Waals surface area contributed by atoms with E-state index < -0.39 is 0 Å². The molecule has 0 aliphatic heterocycles. The second-order valence-electron chi connectivity index (χ2n) is 4.20. The molecule has 0 N–H and O–H groups in total. The maximum Gasteiger partial charge on any atom is 0.156 e. The van der Waals surface area contributed by atoms with Gasteiger partial charge in [-0.3, -0.25) is 4.79 Å². The van der Waals surface area contributed by atoms with Crippen molar-refractivity contribution in [3.05, 3.63) is 11.6 Å². The highest BCUT2D eigenvalue weighted by atomic mass is 16.1. The Bertz CT molecular complexity index is 256. The zero-order valence-electron chi connectivity index (χ0n) is 8.85. The monoisotopic (exact) mass is 179 g/mol. The lowest BCUT2D eigenvalue weighted by molar-refractivity contribution is -0.117. The minimum atomic E-state index is 0.204. The van der Waals surface area contributed by atoms with Gasteiger partial charge >= 0.3 is 0 Å². The molecule has 13 heavy (non-hydrogen) atoms. The quantitative estimate of drug-likeness (QED) is 0.573. The molecule has 0 aromatic heterocycles. The molecule has 0 bridgehead atoms. The SMILES string of the molecule is CC#N.CC1=CC(=O)CC(C)(C)C1. The van der Waals surface area contributed by atoms with Crippen LogP contribution in [-0.4, -0.2) is 5.78 Å². The first-order chi connectivity index (χ1) is 5.91. The van der Waals surface area contributed by atoms with Gasteiger partial charge in [0, 0.05) is 13.3 Å². The van der Waals surface area contributed by atoms with Crippen LogP contribution in [0.25, 0.3) is 0 Å². The molecule has 1 aliphatic rings. The van der Waals surface area contributed by atoms with Crippen LogP contribution in [0, 0.1) is 16.7 Å². The Balaban J connectivity index is 0.000000424. The van der Waals surface area contributed by atoms with Gasteiger partial charge in [0.15, 0.2) is 5.78 Å². The van der Waals surface area contributed by atoms with Crippen LogP contribution in [0.4, 0.5) is 0 Å². The van der Waals surface area contributed by atoms with E-state index in [1.54, 1.807) is 12.1 Å². The van der Waals surface area contributed by atoms with E-state index in [0.717, 1.165) is 6.42 Å². The molecule has 1 rings (SSSR count). The van der Waals surface area contributed by atoms with Crippen LogP contribution in [0.1, 0.15) is 40.5 Å². The van der Waals surface area contributed by atoms with Crippen molar-refractivity contribution in [2.75, 3.05) is 0 Å². The van der Waals surface area contributed by atoms with Gasteiger partial charge in [0.1, 0.15) is 0 Å². The zero-order chi connectivity index (χ0) is 10.5. The number of nitrogens with zero attached hydrogens (tertiary/aromatic N) is 1. The molecule has 0 radical (unpaired) electrons. The molecular formula is C11H17NO. The van der Waals surface area contributed by atoms with E-state index >= 15 is 0 Å². The first-order valence-electron chi connectivity index (χ1n) is 4.42. The van der Waals surface area contributed by atoms with Crippen LogP contribution in [0.15, 0.2) is 11.6 Å². The number of carbonyl (C=O) groups excluding carboxylic acids is 1. The molecule has 0 aromatic carbocycles. The van der Waals surface area contributed by atoms with E-state index in [9.17, 15) is 4.79 Å². The third-order valence-corrected chi connectivity index (χ3v) is 1.82. The fourth-order valence-corrected chi connectivity index (χ4v) is 1.67. The molecule has 0 atom stereocenters. The minimum Gasteiger partial charge on any atom is -0.295 e. The molecule has 0 saturated heterocycles. The molecule has 0 spiro atoms. The number of hydrogen-bond acceptors (Lipinski definition) is 2. The van der Waals surface area contributed by atoms with Crippen LogP contribution in [0.2, 0.25) is 0 Å². The van der Waals surface area contributed by atoms with E-state index in [1.807, 2.05) is 6.92 Å². The van der Waals surface area contributed by atoms with E-state index in [1.165, 1.54) is 12.5 Å². The van der Waals surface area contributed by atoms with Crippen molar-refractivity contribution in [2.24, 2.45) is 5.41 Å². The van der Waals surface area contributed by atoms with Crippen molar-refractivity contribution >= 4 is 5.78 Å². The van der Waals surface area contributed by atoms with Crippen LogP contribution in [-0.2, 0) is 4.79 Å². The summed E-state index contributed by atoms with van der Waals surface area (Å²) in [6, 6.07) is 1.75. The summed E-state index contributed by atoms with van der Waals surface area (Å²) in [6.07, 6.45) is 3.55. The molecular weight excluding hydrogens is 162 g/mol. The van der Waals surface area contributed by atoms with Gasteiger partial charge in [-0.1, -0.05) is 19.4 Å². The second kappa shape index (κ2) is 4.81. The largest absolute Gasteiger partial charge is 0.295 e. The van der Waals surface area contributed by atoms with E-state index in [0.29, 0.717) is 6.42 Å². The first-order valence-corrected chi connectivity index (χ1v) is 4.42. The molecule has 2 nitrogen and oxygen atoms in total. The van der Waals surface area contributed by atoms with E-state index in [4.69, 9.17) is 5.26 Å². The number of ketones is 1. The molecule has 0 amide bonds. The summed E-state index contributed by atoms with van der Waals surface area (Å²) in [5, 5.41) is 7.32. The highest BCUT2D eigenvalue weighted by molar-refractivity contribution is 5.91. The Labute approximate surface area is 80.3 Å². The first kappa shape index (κ1) is 11.9. The predicted molar refractivity (Wildman–Crippen MR) is 53.1 cm³/mol. The zero-order valence-corrected chi connectivity index (χ0v) is 8.85. The Kier molecular flexibility index (Phi) is 4.40. The van der Waals surface area contributed by atoms with Crippen LogP contribution in [0.3, 0.4) is 0 Å². The van der Waals surface area contributed by atoms with Crippen molar-refractivity contribution < 1.29 is 4.79 Å². The van der Waals surface area contributed by atoms with Gasteiger partial charge in [-0.05, 0) is 24.8 Å². The summed E-state index contributed by atoms with van der Waals surface area (Å²) < 4.78 is 0. The van der Waals surface area contributed by atoms with Crippen molar-refractivity contribution in [3.63, 3.8) is 0 Å². The van der Waals surface area contributed by atoms with Crippen molar-refractivity contribution in [3.8, 4) is 6.07 Å². The summed E-state index contributed by atoms with van der Waals surface area (Å²) in [6.45, 7) is 7.74. The van der Waals surface area contributed by atoms with Gasteiger partial charge in [0.2, 0.25) is 0 Å². The van der Waals surface area contributed by atoms with Crippen LogP contribution >= 0.6 is 0 Å². The van der Waals surface area contributed by atoms with Crippen LogP contribution in [0.5, 0.6) is 0 Å². The summed E-state index contributed by atoms with van der Waals surface area (Å²) in [5.41, 5.74) is 1.43. The van der Waals surface area contributed by atoms with E-state index in [-0.39, 0.29) is 11.2 Å². The average Bonchev–Trinajstić information content (AvgIpc) is 1.81. The van der Waals surface area contributed by atoms with E-state index in [2.05, 4.69) is 13.8 Å². The normalized spacial score (nSPS) is 19.3. The molecule has 0 unspecified atom stereocenters. The number of rotatable bonds is 0. The Morgan fingerprint density at radius 3 is 2.23 bits per heavy atom. The molecule has 0 aromatic rings. The van der Waals surface area contributed by atoms with Gasteiger partial charge < -0.3 is 0 Å². The number of hydrogen-bond donors (Lipinski definition) is 0. The highest BCUT2D eigenvalue weighted by Gasteiger charge is 2.25. The second-order valence-corrected chi connectivity index (χ2v) is 4.20. The summed E-state index contributed by atoms with van der Waals surface area (Å²) in [4.78, 5) is 11.0. The number of allylic oxidation sites excluding steroid dienone is 2. The third-order valence-electron chi connectivity index (χ3n) is 1.82. The molecule has 1 aliphatic carbocycles. The van der Waals surface area contributed by atoms with Gasteiger partial charge in [-0.15, -0.1) is 0 Å². The topological polar surface area (TPSA) is 40.9 Å². The van der Waals surface area contributed by atoms with Crippen molar-refractivity contribution in [1.29, 1.82) is 5.26 Å². The van der Waals surface area contributed by atoms with Gasteiger partial charge in [0.25, 0.3) is 0 Å². The number of nitriles is 1. The fourth-order valence-electron chi connectivity index (χ4n) is 1.67. The summed E-state index contributed by atoms with van der Waals surface area (Å²) >= 11 is 0. The lowest BCUT2D eigenvalue weighted by Crippen LogP contribution is -2.20. The molecule has 0 fully saturated rings. The summed E-state index contributed by atoms with van der Waals surface area (Å²) in [5.74, 6) is 0.286. The molecule has 0 heterocycles. The molecule has 0 saturated carbocycles. The standard InChI is InChI=1S/C9H14O.C2H3N/c1-7-4-8(10)6-9(2,3)5-7;1-2-3/h4H,5-6H2,1-3H3;1H3. The Hall–Kier alpha value is -1.10. The smallest absolute Gasteiger partial charge is 0.156 e. The maximum absolute atomic E-state index is 11.0. The van der Waals surface area contributed by atoms with Gasteiger partial charge in [-0.25, -0.2) is 0 Å². The average molecular weight is 179 g/mol. The summed E-state index contributed by atoms with van der Waals surface area (Å²) in [7, 11) is 0. The van der Waals surface area contributed by atoms with Gasteiger partial charge in [0.05, 0.1) is 6.07 Å². The predicted octanol–water partition coefficient (Wildman–Crippen LogP) is 2.85. The highest BCUT2D eigenvalue weighted by Crippen LogP contribution is 2.32. The molecule has 2 heteroatoms. The fraction of sp³-hybridized carbons (Fsp3) is 0.636. The van der Waals surface area contributed by atoms with Gasteiger partial charge in [-0.2, -0.15) is 5.26 Å². The van der Waals surface area contributed by atoms with Crippen molar-refractivity contribution in [1.82, 2.24) is 0 Å². The molecule has 72 valence electrons. The lowest BCUT2D eigenvalue weighted by Gasteiger charge is -2.27. The minimum absolute atomic E-state index is 0.204. The maximum atomic E-state index is 11.0. The number of carbonyl (C=O) groups is 1. The lowest BCUT2D eigenvalue weighted by atomic mass is 9.77. The third kappa shape index (κ3) is 5.19. The Morgan fingerprint density at radius 2 is 1.92 bits per heavy atom.